The zero-order valence-electron chi connectivity index (χ0n) is 16.9. The number of rotatable bonds is 6. The SMILES string of the molecule is COc1ccc(CN=Nc2ncnc3c(C)c(-c4cccc(C(N)=O)c4)sc23)cc1O. The van der Waals surface area contributed by atoms with Crippen LogP contribution in [0.2, 0.25) is 0 Å². The number of primary amides is 1. The number of fused-ring (bicyclic) bond motifs is 1. The molecule has 0 saturated carbocycles. The van der Waals surface area contributed by atoms with Gasteiger partial charge in [-0.25, -0.2) is 9.97 Å². The number of benzene rings is 2. The number of carbonyl (C=O) groups is 1. The Kier molecular flexibility index (Phi) is 5.59. The van der Waals surface area contributed by atoms with Crippen molar-refractivity contribution in [1.29, 1.82) is 0 Å². The highest BCUT2D eigenvalue weighted by atomic mass is 32.1. The number of azo groups is 1. The number of thiophene rings is 1. The third-order valence-corrected chi connectivity index (χ3v) is 6.08. The molecule has 0 unspecified atom stereocenters. The van der Waals surface area contributed by atoms with Crippen LogP contribution in [0.4, 0.5) is 5.82 Å². The summed E-state index contributed by atoms with van der Waals surface area (Å²) in [6.07, 6.45) is 1.46. The van der Waals surface area contributed by atoms with Gasteiger partial charge >= 0.3 is 0 Å². The predicted octanol–water partition coefficient (Wildman–Crippen LogP) is 4.76. The van der Waals surface area contributed by atoms with Gasteiger partial charge in [0.25, 0.3) is 0 Å². The number of phenolic OH excluding ortho intramolecular Hbond substituents is 1. The number of hydrogen-bond acceptors (Lipinski definition) is 8. The summed E-state index contributed by atoms with van der Waals surface area (Å²) < 4.78 is 5.85. The molecule has 2 aromatic carbocycles. The summed E-state index contributed by atoms with van der Waals surface area (Å²) in [5, 5.41) is 18.4. The van der Waals surface area contributed by atoms with E-state index in [1.54, 1.807) is 30.3 Å². The van der Waals surface area contributed by atoms with Crippen LogP contribution >= 0.6 is 11.3 Å². The Morgan fingerprint density at radius 3 is 2.81 bits per heavy atom. The van der Waals surface area contributed by atoms with Gasteiger partial charge < -0.3 is 15.6 Å². The van der Waals surface area contributed by atoms with Crippen molar-refractivity contribution in [3.05, 3.63) is 65.5 Å². The second-order valence-corrected chi connectivity index (χ2v) is 7.80. The molecular formula is C22H19N5O3S. The van der Waals surface area contributed by atoms with Crippen LogP contribution in [0.15, 0.2) is 59.0 Å². The Balaban J connectivity index is 1.66. The zero-order chi connectivity index (χ0) is 22.0. The minimum atomic E-state index is -0.473. The molecule has 2 aromatic heterocycles. The van der Waals surface area contributed by atoms with Crippen molar-refractivity contribution in [3.8, 4) is 21.9 Å². The molecule has 1 amide bonds. The van der Waals surface area contributed by atoms with Crippen LogP contribution in [0, 0.1) is 6.92 Å². The molecule has 156 valence electrons. The van der Waals surface area contributed by atoms with Crippen molar-refractivity contribution in [2.75, 3.05) is 7.11 Å². The highest BCUT2D eigenvalue weighted by Gasteiger charge is 2.16. The monoisotopic (exact) mass is 433 g/mol. The first kappa shape index (κ1) is 20.4. The van der Waals surface area contributed by atoms with Crippen LogP contribution in [0.25, 0.3) is 20.7 Å². The lowest BCUT2D eigenvalue weighted by molar-refractivity contribution is 0.100. The Morgan fingerprint density at radius 1 is 1.23 bits per heavy atom. The fraction of sp³-hybridized carbons (Fsp3) is 0.136. The number of hydrogen-bond donors (Lipinski definition) is 2. The molecule has 0 bridgehead atoms. The molecule has 0 aliphatic heterocycles. The van der Waals surface area contributed by atoms with E-state index in [9.17, 15) is 9.90 Å². The number of aromatic nitrogens is 2. The Hall–Kier alpha value is -3.85. The average molecular weight is 433 g/mol. The zero-order valence-corrected chi connectivity index (χ0v) is 17.7. The first-order chi connectivity index (χ1) is 15.0. The molecule has 2 heterocycles. The largest absolute Gasteiger partial charge is 0.504 e. The Morgan fingerprint density at radius 2 is 2.06 bits per heavy atom. The van der Waals surface area contributed by atoms with Gasteiger partial charge in [0.15, 0.2) is 17.3 Å². The van der Waals surface area contributed by atoms with Crippen LogP contribution in [-0.2, 0) is 6.54 Å². The van der Waals surface area contributed by atoms with E-state index in [0.29, 0.717) is 17.1 Å². The molecule has 0 radical (unpaired) electrons. The van der Waals surface area contributed by atoms with E-state index in [4.69, 9.17) is 10.5 Å². The van der Waals surface area contributed by atoms with Gasteiger partial charge in [-0.3, -0.25) is 4.79 Å². The van der Waals surface area contributed by atoms with E-state index in [2.05, 4.69) is 20.2 Å². The molecule has 0 spiro atoms. The molecule has 31 heavy (non-hydrogen) atoms. The third kappa shape index (κ3) is 4.08. The minimum Gasteiger partial charge on any atom is -0.504 e. The fourth-order valence-corrected chi connectivity index (χ4v) is 4.38. The number of nitrogens with two attached hydrogens (primary N) is 1. The smallest absolute Gasteiger partial charge is 0.248 e. The van der Waals surface area contributed by atoms with Crippen molar-refractivity contribution in [2.24, 2.45) is 16.0 Å². The lowest BCUT2D eigenvalue weighted by Crippen LogP contribution is -2.10. The number of phenols is 1. The molecule has 3 N–H and O–H groups in total. The van der Waals surface area contributed by atoms with Gasteiger partial charge in [-0.05, 0) is 47.9 Å². The maximum atomic E-state index is 11.5. The normalized spacial score (nSPS) is 11.3. The van der Waals surface area contributed by atoms with Crippen molar-refractivity contribution < 1.29 is 14.6 Å². The van der Waals surface area contributed by atoms with Gasteiger partial charge in [0.1, 0.15) is 11.0 Å². The minimum absolute atomic E-state index is 0.0522. The summed E-state index contributed by atoms with van der Waals surface area (Å²) in [5.74, 6) is 0.448. The molecule has 0 fully saturated rings. The lowest BCUT2D eigenvalue weighted by Gasteiger charge is -2.03. The van der Waals surface area contributed by atoms with Gasteiger partial charge in [0, 0.05) is 10.4 Å². The number of methoxy groups -OCH3 is 1. The van der Waals surface area contributed by atoms with Crippen LogP contribution in [0.5, 0.6) is 11.5 Å². The van der Waals surface area contributed by atoms with E-state index < -0.39 is 5.91 Å². The number of nitrogens with zero attached hydrogens (tertiary/aromatic N) is 4. The predicted molar refractivity (Wildman–Crippen MR) is 119 cm³/mol. The number of aromatic hydroxyl groups is 1. The average Bonchev–Trinajstić information content (AvgIpc) is 3.11. The third-order valence-electron chi connectivity index (χ3n) is 4.76. The quantitative estimate of drug-likeness (QED) is 0.424. The maximum Gasteiger partial charge on any atom is 0.248 e. The molecule has 4 aromatic rings. The van der Waals surface area contributed by atoms with E-state index in [0.717, 1.165) is 31.8 Å². The molecular weight excluding hydrogens is 414 g/mol. The first-order valence-electron chi connectivity index (χ1n) is 9.35. The van der Waals surface area contributed by atoms with Gasteiger partial charge in [-0.2, -0.15) is 5.11 Å². The Bertz CT molecular complexity index is 1320. The fourth-order valence-electron chi connectivity index (χ4n) is 3.19. The van der Waals surface area contributed by atoms with Gasteiger partial charge in [-0.1, -0.05) is 18.2 Å². The summed E-state index contributed by atoms with van der Waals surface area (Å²) in [4.78, 5) is 21.2. The van der Waals surface area contributed by atoms with E-state index in [-0.39, 0.29) is 12.3 Å². The Labute approximate surface area is 182 Å². The molecule has 0 aliphatic carbocycles. The maximum absolute atomic E-state index is 11.5. The first-order valence-corrected chi connectivity index (χ1v) is 10.2. The second kappa shape index (κ2) is 8.49. The number of carbonyl (C=O) groups excluding carboxylic acids is 1. The standard InChI is InChI=1S/C22H19N5O3S/c1-12-18-20(31-19(12)14-4-3-5-15(9-14)21(23)29)22(25-11-24-18)27-26-10-13-6-7-17(30-2)16(28)8-13/h3-9,11,28H,10H2,1-2H3,(H2,23,29). The second-order valence-electron chi connectivity index (χ2n) is 6.78. The van der Waals surface area contributed by atoms with E-state index in [1.165, 1.54) is 24.8 Å². The molecule has 8 nitrogen and oxygen atoms in total. The molecule has 0 aliphatic rings. The summed E-state index contributed by atoms with van der Waals surface area (Å²) in [6.45, 7) is 2.25. The van der Waals surface area contributed by atoms with Crippen LogP contribution < -0.4 is 10.5 Å². The van der Waals surface area contributed by atoms with Crippen molar-refractivity contribution in [2.45, 2.75) is 13.5 Å². The number of aryl methyl sites for hydroxylation is 1. The van der Waals surface area contributed by atoms with Crippen LogP contribution in [0.1, 0.15) is 21.5 Å². The van der Waals surface area contributed by atoms with Gasteiger partial charge in [-0.15, -0.1) is 16.5 Å². The topological polar surface area (TPSA) is 123 Å². The molecule has 9 heteroatoms. The van der Waals surface area contributed by atoms with Crippen LogP contribution in [0.3, 0.4) is 0 Å². The van der Waals surface area contributed by atoms with Crippen molar-refractivity contribution >= 4 is 33.3 Å². The summed E-state index contributed by atoms with van der Waals surface area (Å²) >= 11 is 1.49. The summed E-state index contributed by atoms with van der Waals surface area (Å²) in [7, 11) is 1.50. The van der Waals surface area contributed by atoms with Gasteiger partial charge in [0.2, 0.25) is 5.91 Å². The summed E-state index contributed by atoms with van der Waals surface area (Å²) in [5.41, 5.74) is 9.30. The van der Waals surface area contributed by atoms with Crippen LogP contribution in [-0.4, -0.2) is 28.1 Å². The molecule has 4 rings (SSSR count). The molecule has 0 atom stereocenters. The number of ether oxygens (including phenoxy) is 1. The van der Waals surface area contributed by atoms with Crippen molar-refractivity contribution in [3.63, 3.8) is 0 Å². The summed E-state index contributed by atoms with van der Waals surface area (Å²) in [6, 6.07) is 12.3. The highest BCUT2D eigenvalue weighted by molar-refractivity contribution is 7.23. The van der Waals surface area contributed by atoms with Crippen molar-refractivity contribution in [1.82, 2.24) is 9.97 Å². The lowest BCUT2D eigenvalue weighted by atomic mass is 10.1. The van der Waals surface area contributed by atoms with Gasteiger partial charge in [0.05, 0.1) is 19.2 Å². The molecule has 0 saturated heterocycles. The van der Waals surface area contributed by atoms with E-state index in [1.807, 2.05) is 19.1 Å². The number of amides is 1. The highest BCUT2D eigenvalue weighted by Crippen LogP contribution is 2.40. The van der Waals surface area contributed by atoms with E-state index >= 15 is 0 Å².